The van der Waals surface area contributed by atoms with Crippen molar-refractivity contribution in [2.45, 2.75) is 26.4 Å². The highest BCUT2D eigenvalue weighted by molar-refractivity contribution is 7.09. The molecule has 0 aliphatic carbocycles. The minimum atomic E-state index is 0.668. The molecule has 0 amide bonds. The highest BCUT2D eigenvalue weighted by atomic mass is 32.1. The highest BCUT2D eigenvalue weighted by Gasteiger charge is 2.08. The zero-order valence-corrected chi connectivity index (χ0v) is 12.1. The summed E-state index contributed by atoms with van der Waals surface area (Å²) in [5.41, 5.74) is 7.98. The minimum Gasteiger partial charge on any atom is -0.330 e. The molecule has 0 saturated carbocycles. The number of rotatable bonds is 7. The predicted molar refractivity (Wildman–Crippen MR) is 78.9 cm³/mol. The van der Waals surface area contributed by atoms with Crippen LogP contribution in [0.5, 0.6) is 0 Å². The van der Waals surface area contributed by atoms with Crippen LogP contribution in [0.15, 0.2) is 29.9 Å². The molecular formula is C14H20N4S. The van der Waals surface area contributed by atoms with Crippen molar-refractivity contribution in [1.82, 2.24) is 14.9 Å². The van der Waals surface area contributed by atoms with Crippen LogP contribution in [0.3, 0.4) is 0 Å². The van der Waals surface area contributed by atoms with Crippen LogP contribution < -0.4 is 5.73 Å². The molecule has 0 atom stereocenters. The van der Waals surface area contributed by atoms with Gasteiger partial charge in [-0.05, 0) is 30.8 Å². The lowest BCUT2D eigenvalue weighted by atomic mass is 10.2. The standard InChI is InChI=1S/C14H20N4S/c1-2-18(9-12-4-7-16-8-5-12)10-13-11-19-14(17-13)3-6-15/h4-5,7-8,11H,2-3,6,9-10,15H2,1H3. The van der Waals surface area contributed by atoms with Crippen LogP contribution in [-0.4, -0.2) is 28.0 Å². The smallest absolute Gasteiger partial charge is 0.0941 e. The van der Waals surface area contributed by atoms with Gasteiger partial charge in [-0.25, -0.2) is 4.98 Å². The number of aromatic nitrogens is 2. The van der Waals surface area contributed by atoms with E-state index in [-0.39, 0.29) is 0 Å². The SMILES string of the molecule is CCN(Cc1ccncc1)Cc1csc(CCN)n1. The fraction of sp³-hybridized carbons (Fsp3) is 0.429. The maximum atomic E-state index is 5.55. The van der Waals surface area contributed by atoms with Gasteiger partial charge in [-0.1, -0.05) is 6.92 Å². The Morgan fingerprint density at radius 1 is 1.26 bits per heavy atom. The third-order valence-corrected chi connectivity index (χ3v) is 3.90. The highest BCUT2D eigenvalue weighted by Crippen LogP contribution is 2.13. The van der Waals surface area contributed by atoms with E-state index in [0.717, 1.165) is 36.8 Å². The Morgan fingerprint density at radius 2 is 2.05 bits per heavy atom. The van der Waals surface area contributed by atoms with Gasteiger partial charge >= 0.3 is 0 Å². The lowest BCUT2D eigenvalue weighted by Gasteiger charge is -2.19. The van der Waals surface area contributed by atoms with Crippen LogP contribution in [-0.2, 0) is 19.5 Å². The molecule has 2 heterocycles. The molecule has 0 aromatic carbocycles. The van der Waals surface area contributed by atoms with Crippen LogP contribution >= 0.6 is 11.3 Å². The summed E-state index contributed by atoms with van der Waals surface area (Å²) in [6.45, 7) is 5.67. The molecule has 0 spiro atoms. The molecule has 102 valence electrons. The molecule has 0 radical (unpaired) electrons. The third-order valence-electron chi connectivity index (χ3n) is 2.95. The Kier molecular flexibility index (Phi) is 5.44. The van der Waals surface area contributed by atoms with Crippen molar-refractivity contribution in [3.63, 3.8) is 0 Å². The number of pyridine rings is 1. The largest absolute Gasteiger partial charge is 0.330 e. The quantitative estimate of drug-likeness (QED) is 0.841. The molecule has 2 rings (SSSR count). The maximum absolute atomic E-state index is 5.55. The summed E-state index contributed by atoms with van der Waals surface area (Å²) in [5, 5.41) is 3.28. The summed E-state index contributed by atoms with van der Waals surface area (Å²) in [6.07, 6.45) is 4.55. The molecule has 0 unspecified atom stereocenters. The minimum absolute atomic E-state index is 0.668. The van der Waals surface area contributed by atoms with E-state index < -0.39 is 0 Å². The second kappa shape index (κ2) is 7.33. The fourth-order valence-corrected chi connectivity index (χ4v) is 2.72. The first-order valence-electron chi connectivity index (χ1n) is 6.56. The van der Waals surface area contributed by atoms with E-state index in [1.165, 1.54) is 5.56 Å². The number of hydrogen-bond donors (Lipinski definition) is 1. The maximum Gasteiger partial charge on any atom is 0.0941 e. The van der Waals surface area contributed by atoms with Gasteiger partial charge in [0.05, 0.1) is 10.7 Å². The molecule has 0 fully saturated rings. The Labute approximate surface area is 118 Å². The van der Waals surface area contributed by atoms with Gasteiger partial charge < -0.3 is 5.73 Å². The molecule has 0 saturated heterocycles. The second-order valence-corrected chi connectivity index (χ2v) is 5.37. The average Bonchev–Trinajstić information content (AvgIpc) is 2.87. The molecule has 2 aromatic rings. The van der Waals surface area contributed by atoms with Crippen LogP contribution in [0.1, 0.15) is 23.2 Å². The molecule has 0 aliphatic heterocycles. The first-order valence-corrected chi connectivity index (χ1v) is 7.44. The second-order valence-electron chi connectivity index (χ2n) is 4.43. The summed E-state index contributed by atoms with van der Waals surface area (Å²) in [6, 6.07) is 4.12. The Balaban J connectivity index is 1.94. The summed E-state index contributed by atoms with van der Waals surface area (Å²) in [7, 11) is 0. The van der Waals surface area contributed by atoms with Crippen molar-refractivity contribution in [2.24, 2.45) is 5.73 Å². The molecule has 0 bridgehead atoms. The van der Waals surface area contributed by atoms with Crippen molar-refractivity contribution in [1.29, 1.82) is 0 Å². The normalized spacial score (nSPS) is 11.1. The van der Waals surface area contributed by atoms with Gasteiger partial charge in [0.1, 0.15) is 0 Å². The lowest BCUT2D eigenvalue weighted by Crippen LogP contribution is -2.22. The first kappa shape index (κ1) is 14.1. The van der Waals surface area contributed by atoms with Crippen LogP contribution in [0, 0.1) is 0 Å². The van der Waals surface area contributed by atoms with Gasteiger partial charge in [-0.2, -0.15) is 0 Å². The van der Waals surface area contributed by atoms with E-state index in [9.17, 15) is 0 Å². The number of hydrogen-bond acceptors (Lipinski definition) is 5. The molecule has 2 N–H and O–H groups in total. The van der Waals surface area contributed by atoms with E-state index in [1.54, 1.807) is 11.3 Å². The molecule has 5 heteroatoms. The van der Waals surface area contributed by atoms with E-state index >= 15 is 0 Å². The topological polar surface area (TPSA) is 55.0 Å². The number of thiazole rings is 1. The van der Waals surface area contributed by atoms with Gasteiger partial charge in [0.15, 0.2) is 0 Å². The lowest BCUT2D eigenvalue weighted by molar-refractivity contribution is 0.268. The average molecular weight is 276 g/mol. The van der Waals surface area contributed by atoms with Crippen LogP contribution in [0.2, 0.25) is 0 Å². The molecule has 0 aliphatic rings. The van der Waals surface area contributed by atoms with Gasteiger partial charge in [0.25, 0.3) is 0 Å². The van der Waals surface area contributed by atoms with Crippen LogP contribution in [0.25, 0.3) is 0 Å². The molecule has 19 heavy (non-hydrogen) atoms. The zero-order valence-electron chi connectivity index (χ0n) is 11.2. The third kappa shape index (κ3) is 4.38. The van der Waals surface area contributed by atoms with Crippen molar-refractivity contribution in [3.8, 4) is 0 Å². The van der Waals surface area contributed by atoms with Gasteiger partial charge in [-0.3, -0.25) is 9.88 Å². The Morgan fingerprint density at radius 3 is 2.74 bits per heavy atom. The van der Waals surface area contributed by atoms with Crippen molar-refractivity contribution >= 4 is 11.3 Å². The van der Waals surface area contributed by atoms with E-state index in [1.807, 2.05) is 12.4 Å². The van der Waals surface area contributed by atoms with E-state index in [2.05, 4.69) is 39.3 Å². The monoisotopic (exact) mass is 276 g/mol. The summed E-state index contributed by atoms with van der Waals surface area (Å²) in [5.74, 6) is 0. The summed E-state index contributed by atoms with van der Waals surface area (Å²) in [4.78, 5) is 11.0. The zero-order chi connectivity index (χ0) is 13.5. The van der Waals surface area contributed by atoms with E-state index in [0.29, 0.717) is 6.54 Å². The summed E-state index contributed by atoms with van der Waals surface area (Å²) < 4.78 is 0. The Hall–Kier alpha value is -1.30. The predicted octanol–water partition coefficient (Wildman–Crippen LogP) is 2.06. The molecule has 2 aromatic heterocycles. The molecule has 4 nitrogen and oxygen atoms in total. The van der Waals surface area contributed by atoms with Gasteiger partial charge in [0.2, 0.25) is 0 Å². The fourth-order valence-electron chi connectivity index (χ4n) is 1.91. The molecular weight excluding hydrogens is 256 g/mol. The Bertz CT molecular complexity index is 483. The van der Waals surface area contributed by atoms with E-state index in [4.69, 9.17) is 5.73 Å². The van der Waals surface area contributed by atoms with Crippen molar-refractivity contribution < 1.29 is 0 Å². The van der Waals surface area contributed by atoms with Crippen LogP contribution in [0.4, 0.5) is 0 Å². The summed E-state index contributed by atoms with van der Waals surface area (Å²) >= 11 is 1.71. The number of nitrogens with zero attached hydrogens (tertiary/aromatic N) is 3. The first-order chi connectivity index (χ1) is 9.31. The van der Waals surface area contributed by atoms with Gasteiger partial charge in [-0.15, -0.1) is 11.3 Å². The van der Waals surface area contributed by atoms with Crippen molar-refractivity contribution in [2.75, 3.05) is 13.1 Å². The number of nitrogens with two attached hydrogens (primary N) is 1. The van der Waals surface area contributed by atoms with Gasteiger partial charge in [0, 0.05) is 37.3 Å². The van der Waals surface area contributed by atoms with Crippen molar-refractivity contribution in [3.05, 3.63) is 46.2 Å².